The van der Waals surface area contributed by atoms with Crippen molar-refractivity contribution in [2.45, 2.75) is 45.6 Å². The molecule has 11 heavy (non-hydrogen) atoms. The highest BCUT2D eigenvalue weighted by atomic mass is 16.3. The first-order valence-electron chi connectivity index (χ1n) is 4.62. The molecule has 0 heterocycles. The van der Waals surface area contributed by atoms with Crippen LogP contribution in [0.1, 0.15) is 39.5 Å². The zero-order valence-electron chi connectivity index (χ0n) is 7.71. The summed E-state index contributed by atoms with van der Waals surface area (Å²) in [4.78, 5) is 0. The maximum Gasteiger partial charge on any atom is 0.0585 e. The Morgan fingerprint density at radius 3 is 1.91 bits per heavy atom. The van der Waals surface area contributed by atoms with Gasteiger partial charge in [-0.2, -0.15) is 0 Å². The molecule has 0 aromatic carbocycles. The van der Waals surface area contributed by atoms with Gasteiger partial charge in [0.15, 0.2) is 0 Å². The van der Waals surface area contributed by atoms with Crippen molar-refractivity contribution in [3.63, 3.8) is 0 Å². The minimum atomic E-state index is -0.00472. The van der Waals surface area contributed by atoms with E-state index in [4.69, 9.17) is 10.8 Å². The second-order valence-electron chi connectivity index (χ2n) is 3.18. The average molecular weight is 159 g/mol. The second kappa shape index (κ2) is 6.62. The van der Waals surface area contributed by atoms with Gasteiger partial charge in [-0.1, -0.05) is 26.7 Å². The Morgan fingerprint density at radius 1 is 1.18 bits per heavy atom. The lowest BCUT2D eigenvalue weighted by molar-refractivity contribution is 0.213. The largest absolute Gasteiger partial charge is 0.395 e. The third-order valence-electron chi connectivity index (χ3n) is 2.14. The van der Waals surface area contributed by atoms with Crippen molar-refractivity contribution in [1.82, 2.24) is 0 Å². The Kier molecular flexibility index (Phi) is 6.57. The molecule has 0 unspecified atom stereocenters. The Morgan fingerprint density at radius 2 is 1.64 bits per heavy atom. The van der Waals surface area contributed by atoms with E-state index in [0.717, 1.165) is 12.8 Å². The molecule has 2 heteroatoms. The molecule has 0 aliphatic carbocycles. The van der Waals surface area contributed by atoms with Crippen molar-refractivity contribution in [2.75, 3.05) is 6.61 Å². The van der Waals surface area contributed by atoms with Crippen LogP contribution in [-0.4, -0.2) is 17.8 Å². The lowest BCUT2D eigenvalue weighted by atomic mass is 9.91. The normalized spacial score (nSPS) is 13.9. The molecule has 2 nitrogen and oxygen atoms in total. The van der Waals surface area contributed by atoms with Gasteiger partial charge in [0.2, 0.25) is 0 Å². The van der Waals surface area contributed by atoms with E-state index in [1.165, 1.54) is 12.8 Å². The predicted octanol–water partition coefficient (Wildman–Crippen LogP) is 1.52. The fraction of sp³-hybridized carbons (Fsp3) is 1.00. The van der Waals surface area contributed by atoms with Crippen molar-refractivity contribution in [2.24, 2.45) is 11.7 Å². The van der Waals surface area contributed by atoms with Gasteiger partial charge in [0.1, 0.15) is 0 Å². The molecule has 0 saturated carbocycles. The summed E-state index contributed by atoms with van der Waals surface area (Å²) in [5.41, 5.74) is 5.74. The van der Waals surface area contributed by atoms with Crippen molar-refractivity contribution in [3.8, 4) is 0 Å². The van der Waals surface area contributed by atoms with Crippen LogP contribution in [0.4, 0.5) is 0 Å². The molecule has 0 aromatic heterocycles. The summed E-state index contributed by atoms with van der Waals surface area (Å²) in [5.74, 6) is 0.523. The molecule has 0 saturated heterocycles. The van der Waals surface area contributed by atoms with E-state index in [-0.39, 0.29) is 12.6 Å². The molecule has 0 spiro atoms. The Balaban J connectivity index is 3.66. The van der Waals surface area contributed by atoms with Crippen molar-refractivity contribution in [3.05, 3.63) is 0 Å². The molecule has 0 rings (SSSR count). The first-order chi connectivity index (χ1) is 5.26. The monoisotopic (exact) mass is 159 g/mol. The molecule has 0 aliphatic heterocycles. The van der Waals surface area contributed by atoms with Gasteiger partial charge in [0.25, 0.3) is 0 Å². The van der Waals surface area contributed by atoms with Gasteiger partial charge in [-0.15, -0.1) is 0 Å². The van der Waals surface area contributed by atoms with E-state index in [1.807, 2.05) is 0 Å². The van der Waals surface area contributed by atoms with Crippen LogP contribution in [0.15, 0.2) is 0 Å². The lowest BCUT2D eigenvalue weighted by Crippen LogP contribution is -2.33. The fourth-order valence-corrected chi connectivity index (χ4v) is 1.46. The maximum absolute atomic E-state index is 8.83. The Labute approximate surface area is 69.8 Å². The van der Waals surface area contributed by atoms with E-state index in [9.17, 15) is 0 Å². The summed E-state index contributed by atoms with van der Waals surface area (Å²) in [6, 6.07) is -0.00472. The zero-order valence-corrected chi connectivity index (χ0v) is 7.71. The Bertz CT molecular complexity index is 79.6. The van der Waals surface area contributed by atoms with Crippen LogP contribution in [-0.2, 0) is 0 Å². The molecule has 0 radical (unpaired) electrons. The SMILES string of the molecule is CCCC(CCC)[C@@H](N)CO. The topological polar surface area (TPSA) is 46.2 Å². The molecule has 0 aromatic rings. The summed E-state index contributed by atoms with van der Waals surface area (Å²) in [5, 5.41) is 8.83. The lowest BCUT2D eigenvalue weighted by Gasteiger charge is -2.20. The Hall–Kier alpha value is -0.0800. The number of rotatable bonds is 6. The fourth-order valence-electron chi connectivity index (χ4n) is 1.46. The van der Waals surface area contributed by atoms with E-state index in [2.05, 4.69) is 13.8 Å². The van der Waals surface area contributed by atoms with Crippen LogP contribution in [0, 0.1) is 5.92 Å². The van der Waals surface area contributed by atoms with E-state index in [0.29, 0.717) is 5.92 Å². The van der Waals surface area contributed by atoms with Gasteiger partial charge >= 0.3 is 0 Å². The molecule has 0 bridgehead atoms. The summed E-state index contributed by atoms with van der Waals surface area (Å²) in [7, 11) is 0. The van der Waals surface area contributed by atoms with E-state index in [1.54, 1.807) is 0 Å². The minimum absolute atomic E-state index is 0.00472. The van der Waals surface area contributed by atoms with Gasteiger partial charge in [-0.3, -0.25) is 0 Å². The first-order valence-corrected chi connectivity index (χ1v) is 4.62. The molecule has 0 amide bonds. The maximum atomic E-state index is 8.83. The quantitative estimate of drug-likeness (QED) is 0.617. The first kappa shape index (κ1) is 10.9. The van der Waals surface area contributed by atoms with Crippen LogP contribution in [0.5, 0.6) is 0 Å². The molecular weight excluding hydrogens is 138 g/mol. The number of hydrogen-bond acceptors (Lipinski definition) is 2. The smallest absolute Gasteiger partial charge is 0.0585 e. The summed E-state index contributed by atoms with van der Waals surface area (Å²) < 4.78 is 0. The summed E-state index contributed by atoms with van der Waals surface area (Å²) in [6.07, 6.45) is 4.63. The van der Waals surface area contributed by atoms with Gasteiger partial charge in [0, 0.05) is 6.04 Å². The number of aliphatic hydroxyl groups excluding tert-OH is 1. The summed E-state index contributed by atoms with van der Waals surface area (Å²) >= 11 is 0. The van der Waals surface area contributed by atoms with Crippen molar-refractivity contribution < 1.29 is 5.11 Å². The molecule has 1 atom stereocenters. The predicted molar refractivity (Wildman–Crippen MR) is 48.4 cm³/mol. The molecule has 0 fully saturated rings. The summed E-state index contributed by atoms with van der Waals surface area (Å²) in [6.45, 7) is 4.45. The minimum Gasteiger partial charge on any atom is -0.395 e. The highest BCUT2D eigenvalue weighted by Crippen LogP contribution is 2.15. The number of aliphatic hydroxyl groups is 1. The third kappa shape index (κ3) is 4.38. The van der Waals surface area contributed by atoms with Crippen LogP contribution in [0.25, 0.3) is 0 Å². The zero-order chi connectivity index (χ0) is 8.69. The van der Waals surface area contributed by atoms with Gasteiger partial charge < -0.3 is 10.8 Å². The molecule has 68 valence electrons. The van der Waals surface area contributed by atoms with Crippen molar-refractivity contribution >= 4 is 0 Å². The highest BCUT2D eigenvalue weighted by Gasteiger charge is 2.14. The molecule has 3 N–H and O–H groups in total. The van der Waals surface area contributed by atoms with Gasteiger partial charge in [-0.05, 0) is 18.8 Å². The molecular formula is C9H21NO. The highest BCUT2D eigenvalue weighted by molar-refractivity contribution is 4.70. The number of nitrogens with two attached hydrogens (primary N) is 1. The molecule has 0 aliphatic rings. The van der Waals surface area contributed by atoms with Gasteiger partial charge in [0.05, 0.1) is 6.61 Å². The van der Waals surface area contributed by atoms with Crippen LogP contribution >= 0.6 is 0 Å². The van der Waals surface area contributed by atoms with E-state index < -0.39 is 0 Å². The average Bonchev–Trinajstić information content (AvgIpc) is 2.03. The second-order valence-corrected chi connectivity index (χ2v) is 3.18. The van der Waals surface area contributed by atoms with Crippen LogP contribution < -0.4 is 5.73 Å². The number of hydrogen-bond donors (Lipinski definition) is 2. The van der Waals surface area contributed by atoms with Crippen molar-refractivity contribution in [1.29, 1.82) is 0 Å². The van der Waals surface area contributed by atoms with E-state index >= 15 is 0 Å². The van der Waals surface area contributed by atoms with Gasteiger partial charge in [-0.25, -0.2) is 0 Å². The third-order valence-corrected chi connectivity index (χ3v) is 2.14. The van der Waals surface area contributed by atoms with Crippen LogP contribution in [0.2, 0.25) is 0 Å². The standard InChI is InChI=1S/C9H21NO/c1-3-5-8(6-4-2)9(10)7-11/h8-9,11H,3-7,10H2,1-2H3/t9-/m0/s1. The van der Waals surface area contributed by atoms with Crippen LogP contribution in [0.3, 0.4) is 0 Å².